The van der Waals surface area contributed by atoms with Crippen molar-refractivity contribution in [3.8, 4) is 0 Å². The molecule has 35 heavy (non-hydrogen) atoms. The number of aliphatic hydroxyl groups excluding tert-OH is 1. The Morgan fingerprint density at radius 1 is 0.829 bits per heavy atom. The topological polar surface area (TPSA) is 46.5 Å². The highest BCUT2D eigenvalue weighted by atomic mass is 16.5. The van der Waals surface area contributed by atoms with Gasteiger partial charge in [-0.05, 0) is 97.2 Å². The number of ether oxygens (including phenoxy) is 1. The minimum absolute atomic E-state index is 0.00213. The second-order valence-electron chi connectivity index (χ2n) is 15.9. The molecule has 9 unspecified atom stereocenters. The zero-order valence-electron chi connectivity index (χ0n) is 24.1. The second kappa shape index (κ2) is 7.61. The van der Waals surface area contributed by atoms with E-state index in [0.717, 1.165) is 25.7 Å². The van der Waals surface area contributed by atoms with Crippen LogP contribution < -0.4 is 0 Å². The molecule has 0 aliphatic heterocycles. The molecule has 0 aromatic rings. The van der Waals surface area contributed by atoms with Gasteiger partial charge in [0, 0.05) is 17.8 Å². The highest BCUT2D eigenvalue weighted by molar-refractivity contribution is 5.66. The molecule has 0 amide bonds. The zero-order chi connectivity index (χ0) is 25.8. The normalized spacial score (nSPS) is 52.2. The summed E-state index contributed by atoms with van der Waals surface area (Å²) in [5, 5.41) is 11.4. The maximum absolute atomic E-state index is 11.9. The smallest absolute Gasteiger partial charge is 0.302 e. The predicted molar refractivity (Wildman–Crippen MR) is 142 cm³/mol. The van der Waals surface area contributed by atoms with Crippen molar-refractivity contribution in [1.29, 1.82) is 0 Å². The van der Waals surface area contributed by atoms with Crippen LogP contribution in [-0.4, -0.2) is 23.3 Å². The molecule has 0 saturated heterocycles. The van der Waals surface area contributed by atoms with Gasteiger partial charge in [0.25, 0.3) is 0 Å². The Bertz CT molecular complexity index is 931. The molecule has 5 aliphatic carbocycles. The van der Waals surface area contributed by atoms with Crippen LogP contribution in [0.5, 0.6) is 0 Å². The lowest BCUT2D eigenvalue weighted by molar-refractivity contribution is -0.202. The van der Waals surface area contributed by atoms with Gasteiger partial charge in [-0.25, -0.2) is 0 Å². The zero-order valence-corrected chi connectivity index (χ0v) is 24.1. The molecule has 5 aliphatic rings. The molecule has 198 valence electrons. The number of rotatable bonds is 1. The van der Waals surface area contributed by atoms with Crippen LogP contribution in [0.25, 0.3) is 0 Å². The highest BCUT2D eigenvalue weighted by Crippen LogP contribution is 2.75. The van der Waals surface area contributed by atoms with Gasteiger partial charge in [0.15, 0.2) is 0 Å². The van der Waals surface area contributed by atoms with Crippen LogP contribution in [0, 0.1) is 50.2 Å². The number of carbonyl (C=O) groups is 1. The van der Waals surface area contributed by atoms with E-state index >= 15 is 0 Å². The van der Waals surface area contributed by atoms with E-state index in [9.17, 15) is 9.90 Å². The van der Waals surface area contributed by atoms with Crippen molar-refractivity contribution < 1.29 is 14.6 Å². The van der Waals surface area contributed by atoms with E-state index in [2.05, 4.69) is 61.5 Å². The summed E-state index contributed by atoms with van der Waals surface area (Å²) in [6, 6.07) is 0. The van der Waals surface area contributed by atoms with Gasteiger partial charge in [0.1, 0.15) is 6.10 Å². The number of hydrogen-bond donors (Lipinski definition) is 1. The van der Waals surface area contributed by atoms with Crippen molar-refractivity contribution in [3.63, 3.8) is 0 Å². The molecule has 0 bridgehead atoms. The molecule has 1 N–H and O–H groups in total. The van der Waals surface area contributed by atoms with Gasteiger partial charge in [-0.15, -0.1) is 0 Å². The fourth-order valence-electron chi connectivity index (χ4n) is 11.4. The van der Waals surface area contributed by atoms with Gasteiger partial charge in [0.05, 0.1) is 6.10 Å². The number of hydrogen-bond acceptors (Lipinski definition) is 3. The summed E-state index contributed by atoms with van der Waals surface area (Å²) in [7, 11) is 0. The van der Waals surface area contributed by atoms with Gasteiger partial charge < -0.3 is 9.84 Å². The fraction of sp³-hybridized carbons (Fsp3) is 0.906. The van der Waals surface area contributed by atoms with Gasteiger partial charge in [0.2, 0.25) is 0 Å². The highest BCUT2D eigenvalue weighted by Gasteiger charge is 2.68. The van der Waals surface area contributed by atoms with Gasteiger partial charge in [-0.1, -0.05) is 67.0 Å². The largest absolute Gasteiger partial charge is 0.462 e. The third kappa shape index (κ3) is 3.41. The summed E-state index contributed by atoms with van der Waals surface area (Å²) in [4.78, 5) is 11.9. The van der Waals surface area contributed by atoms with Crippen LogP contribution in [0.2, 0.25) is 0 Å². The summed E-state index contributed by atoms with van der Waals surface area (Å²) >= 11 is 0. The van der Waals surface area contributed by atoms with Crippen molar-refractivity contribution in [1.82, 2.24) is 0 Å². The summed E-state index contributed by atoms with van der Waals surface area (Å²) in [5.74, 6) is 1.68. The minimum Gasteiger partial charge on any atom is -0.462 e. The first-order valence-corrected chi connectivity index (χ1v) is 14.6. The van der Waals surface area contributed by atoms with E-state index in [1.54, 1.807) is 12.5 Å². The van der Waals surface area contributed by atoms with Crippen LogP contribution in [0.4, 0.5) is 0 Å². The molecule has 0 aromatic carbocycles. The minimum atomic E-state index is -0.206. The molecule has 3 heteroatoms. The van der Waals surface area contributed by atoms with E-state index in [1.807, 2.05) is 0 Å². The van der Waals surface area contributed by atoms with Gasteiger partial charge >= 0.3 is 5.97 Å². The van der Waals surface area contributed by atoms with Crippen LogP contribution in [0.15, 0.2) is 11.6 Å². The summed E-state index contributed by atoms with van der Waals surface area (Å²) in [6.07, 6.45) is 12.8. The molecule has 3 nitrogen and oxygen atoms in total. The van der Waals surface area contributed by atoms with Crippen LogP contribution in [0.1, 0.15) is 120 Å². The Morgan fingerprint density at radius 2 is 1.43 bits per heavy atom. The average Bonchev–Trinajstić information content (AvgIpc) is 2.71. The summed E-state index contributed by atoms with van der Waals surface area (Å²) in [5.41, 5.74) is 2.66. The van der Waals surface area contributed by atoms with Crippen LogP contribution in [-0.2, 0) is 9.53 Å². The Kier molecular flexibility index (Phi) is 5.61. The Labute approximate surface area is 214 Å². The second-order valence-corrected chi connectivity index (χ2v) is 15.9. The molecule has 9 atom stereocenters. The van der Waals surface area contributed by atoms with Crippen LogP contribution in [0.3, 0.4) is 0 Å². The van der Waals surface area contributed by atoms with Crippen molar-refractivity contribution in [2.45, 2.75) is 132 Å². The van der Waals surface area contributed by atoms with Crippen molar-refractivity contribution >= 4 is 5.97 Å². The average molecular weight is 485 g/mol. The lowest BCUT2D eigenvalue weighted by Crippen LogP contribution is -2.64. The molecule has 4 fully saturated rings. The van der Waals surface area contributed by atoms with E-state index in [4.69, 9.17) is 4.74 Å². The number of carbonyl (C=O) groups excluding carboxylic acids is 1. The first-order valence-electron chi connectivity index (χ1n) is 14.6. The number of allylic oxidation sites excluding steroid dienone is 2. The fourth-order valence-corrected chi connectivity index (χ4v) is 11.4. The molecule has 5 rings (SSSR count). The lowest BCUT2D eigenvalue weighted by atomic mass is 9.34. The molecule has 0 aromatic heterocycles. The molecule has 0 heterocycles. The van der Waals surface area contributed by atoms with Gasteiger partial charge in [-0.2, -0.15) is 0 Å². The van der Waals surface area contributed by atoms with Crippen LogP contribution >= 0.6 is 0 Å². The maximum Gasteiger partial charge on any atom is 0.302 e. The Morgan fingerprint density at radius 3 is 2.06 bits per heavy atom. The Balaban J connectivity index is 1.52. The van der Waals surface area contributed by atoms with E-state index in [-0.39, 0.29) is 50.7 Å². The number of esters is 1. The number of fused-ring (bicyclic) bond motifs is 7. The van der Waals surface area contributed by atoms with Crippen molar-refractivity contribution in [2.24, 2.45) is 50.2 Å². The van der Waals surface area contributed by atoms with E-state index in [0.29, 0.717) is 17.8 Å². The Hall–Kier alpha value is -0.830. The van der Waals surface area contributed by atoms with Crippen molar-refractivity contribution in [2.75, 3.05) is 0 Å². The van der Waals surface area contributed by atoms with E-state index < -0.39 is 0 Å². The maximum atomic E-state index is 11.9. The molecular weight excluding hydrogens is 432 g/mol. The van der Waals surface area contributed by atoms with E-state index in [1.165, 1.54) is 32.1 Å². The quantitative estimate of drug-likeness (QED) is 0.306. The lowest BCUT2D eigenvalue weighted by Gasteiger charge is -2.70. The molecule has 0 radical (unpaired) electrons. The standard InChI is InChI=1S/C32H52O3/c1-20(33)35-26-13-17-29(6)21(28(26,4)5)10-14-30(7)22(29)11-15-31(8)23(30)12-16-32(9)24(31)18-27(2,3)19-25(32)34/h12,21-22,24-26,34H,10-11,13-19H2,1-9H3. The SMILES string of the molecule is CC(=O)OC1CCC2(C)C3CCC4(C)C(=CCC5(C)C(O)CC(C)(C)CC45)C3(C)CCC2C1(C)C. The third-order valence-corrected chi connectivity index (χ3v) is 13.1. The summed E-state index contributed by atoms with van der Waals surface area (Å²) < 4.78 is 5.89. The predicted octanol–water partition coefficient (Wildman–Crippen LogP) is 7.71. The monoisotopic (exact) mass is 484 g/mol. The van der Waals surface area contributed by atoms with Crippen molar-refractivity contribution in [3.05, 3.63) is 11.6 Å². The first kappa shape index (κ1) is 25.8. The summed E-state index contributed by atoms with van der Waals surface area (Å²) in [6.45, 7) is 21.2. The third-order valence-electron chi connectivity index (χ3n) is 13.1. The van der Waals surface area contributed by atoms with Gasteiger partial charge in [-0.3, -0.25) is 4.79 Å². The molecule has 0 spiro atoms. The number of aliphatic hydroxyl groups is 1. The first-order chi connectivity index (χ1) is 16.0. The molecule has 4 saturated carbocycles. The molecular formula is C32H52O3.